The van der Waals surface area contributed by atoms with E-state index in [4.69, 9.17) is 0 Å². The van der Waals surface area contributed by atoms with Crippen molar-refractivity contribution in [1.82, 2.24) is 0 Å². The molecule has 0 radical (unpaired) electrons. The molecule has 0 rings (SSSR count). The van der Waals surface area contributed by atoms with Gasteiger partial charge in [-0.15, -0.1) is 12.3 Å². The maximum absolute atomic E-state index is 11.7. The lowest BCUT2D eigenvalue weighted by Gasteiger charge is -2.26. The van der Waals surface area contributed by atoms with Crippen LogP contribution in [0.4, 0.5) is 0 Å². The van der Waals surface area contributed by atoms with Gasteiger partial charge in [0, 0.05) is 37.4 Å². The molecule has 0 aliphatic carbocycles. The van der Waals surface area contributed by atoms with Gasteiger partial charge in [0.2, 0.25) is 0 Å². The Morgan fingerprint density at radius 2 is 1.11 bits per heavy atom. The largest absolute Gasteiger partial charge is 0.300 e. The van der Waals surface area contributed by atoms with Crippen LogP contribution in [-0.2, 0) is 14.4 Å². The molecule has 0 spiro atoms. The second-order valence-electron chi connectivity index (χ2n) is 4.77. The lowest BCUT2D eigenvalue weighted by Crippen LogP contribution is -2.39. The van der Waals surface area contributed by atoms with E-state index in [-0.39, 0.29) is 17.3 Å². The van der Waals surface area contributed by atoms with Crippen molar-refractivity contribution >= 4 is 25.4 Å². The second-order valence-corrected chi connectivity index (χ2v) is 8.97. The van der Waals surface area contributed by atoms with Crippen molar-refractivity contribution in [3.63, 3.8) is 0 Å². The van der Waals surface area contributed by atoms with Crippen LogP contribution in [0.3, 0.4) is 0 Å². The van der Waals surface area contributed by atoms with E-state index in [0.717, 1.165) is 0 Å². The number of carbonyl (C=O) groups excluding carboxylic acids is 3. The highest BCUT2D eigenvalue weighted by molar-refractivity contribution is 6.90. The Labute approximate surface area is 111 Å². The van der Waals surface area contributed by atoms with E-state index >= 15 is 0 Å². The molecule has 102 valence electrons. The molecule has 0 aromatic heterocycles. The first-order valence-corrected chi connectivity index (χ1v) is 9.31. The van der Waals surface area contributed by atoms with Crippen molar-refractivity contribution in [2.24, 2.45) is 0 Å². The molecule has 0 saturated heterocycles. The SMILES string of the molecule is C=C[Si](CC(=O)CC)(CC(=O)CC)CC(=O)CC. The molecule has 0 aromatic carbocycles. The average molecular weight is 268 g/mol. The van der Waals surface area contributed by atoms with Crippen LogP contribution in [0.5, 0.6) is 0 Å². The molecule has 0 amide bonds. The molecule has 0 aromatic rings. The zero-order valence-electron chi connectivity index (χ0n) is 11.8. The number of hydrogen-bond acceptors (Lipinski definition) is 3. The zero-order valence-corrected chi connectivity index (χ0v) is 12.8. The van der Waals surface area contributed by atoms with Crippen LogP contribution in [0.2, 0.25) is 18.1 Å². The third-order valence-corrected chi connectivity index (χ3v) is 7.43. The third kappa shape index (κ3) is 5.54. The Bertz CT molecular complexity index is 288. The van der Waals surface area contributed by atoms with E-state index < -0.39 is 8.07 Å². The topological polar surface area (TPSA) is 51.2 Å². The predicted molar refractivity (Wildman–Crippen MR) is 76.3 cm³/mol. The molecule has 18 heavy (non-hydrogen) atoms. The Kier molecular flexibility index (Phi) is 7.67. The van der Waals surface area contributed by atoms with Crippen LogP contribution >= 0.6 is 0 Å². The van der Waals surface area contributed by atoms with Crippen LogP contribution in [-0.4, -0.2) is 25.4 Å². The van der Waals surface area contributed by atoms with Gasteiger partial charge in [0.15, 0.2) is 0 Å². The van der Waals surface area contributed by atoms with Crippen LogP contribution < -0.4 is 0 Å². The highest BCUT2D eigenvalue weighted by atomic mass is 28.3. The van der Waals surface area contributed by atoms with Gasteiger partial charge in [-0.3, -0.25) is 0 Å². The minimum absolute atomic E-state index is 0.134. The van der Waals surface area contributed by atoms with Crippen molar-refractivity contribution in [3.8, 4) is 0 Å². The molecule has 0 bridgehead atoms. The van der Waals surface area contributed by atoms with E-state index in [0.29, 0.717) is 37.4 Å². The Morgan fingerprint density at radius 1 is 0.833 bits per heavy atom. The Morgan fingerprint density at radius 3 is 1.28 bits per heavy atom. The summed E-state index contributed by atoms with van der Waals surface area (Å²) in [7, 11) is -2.31. The van der Waals surface area contributed by atoms with Crippen molar-refractivity contribution in [1.29, 1.82) is 0 Å². The fourth-order valence-corrected chi connectivity index (χ4v) is 5.87. The fraction of sp³-hybridized carbons (Fsp3) is 0.643. The number of carbonyl (C=O) groups is 3. The summed E-state index contributed by atoms with van der Waals surface area (Å²) in [6.07, 6.45) is 1.38. The number of ketones is 3. The van der Waals surface area contributed by atoms with Gasteiger partial charge in [0.25, 0.3) is 0 Å². The highest BCUT2D eigenvalue weighted by Gasteiger charge is 2.35. The van der Waals surface area contributed by atoms with Crippen LogP contribution in [0.25, 0.3) is 0 Å². The molecule has 4 heteroatoms. The van der Waals surface area contributed by atoms with E-state index in [1.807, 2.05) is 20.8 Å². The number of hydrogen-bond donors (Lipinski definition) is 0. The molecular weight excluding hydrogens is 244 g/mol. The summed E-state index contributed by atoms with van der Waals surface area (Å²) in [5.74, 6) is 0.401. The van der Waals surface area contributed by atoms with Gasteiger partial charge in [-0.25, -0.2) is 0 Å². The minimum Gasteiger partial charge on any atom is -0.300 e. The summed E-state index contributed by atoms with van der Waals surface area (Å²) in [5.41, 5.74) is 1.77. The smallest absolute Gasteiger partial charge is 0.130 e. The van der Waals surface area contributed by atoms with E-state index in [9.17, 15) is 14.4 Å². The standard InChI is InChI=1S/C14H24O3Si/c1-5-12(15)9-18(8-4,10-13(16)6-2)11-14(17)7-3/h8H,4-7,9-11H2,1-3H3. The molecule has 0 fully saturated rings. The van der Waals surface area contributed by atoms with Crippen LogP contribution in [0.1, 0.15) is 40.0 Å². The summed E-state index contributed by atoms with van der Waals surface area (Å²) in [5, 5.41) is 0. The number of rotatable bonds is 10. The van der Waals surface area contributed by atoms with Gasteiger partial charge in [-0.2, -0.15) is 0 Å². The zero-order chi connectivity index (χ0) is 14.2. The summed E-state index contributed by atoms with van der Waals surface area (Å²) in [6.45, 7) is 9.24. The van der Waals surface area contributed by atoms with Gasteiger partial charge in [0.05, 0.1) is 8.07 Å². The first kappa shape index (κ1) is 17.0. The molecule has 3 nitrogen and oxygen atoms in total. The van der Waals surface area contributed by atoms with Gasteiger partial charge in [0.1, 0.15) is 17.3 Å². The second kappa shape index (κ2) is 8.14. The summed E-state index contributed by atoms with van der Waals surface area (Å²) in [4.78, 5) is 35.1. The molecule has 0 saturated carbocycles. The van der Waals surface area contributed by atoms with Crippen molar-refractivity contribution in [3.05, 3.63) is 12.3 Å². The monoisotopic (exact) mass is 268 g/mol. The van der Waals surface area contributed by atoms with Gasteiger partial charge in [-0.1, -0.05) is 20.8 Å². The predicted octanol–water partition coefficient (Wildman–Crippen LogP) is 3.10. The molecule has 0 aliphatic heterocycles. The lowest BCUT2D eigenvalue weighted by molar-refractivity contribution is -0.116. The summed E-state index contributed by atoms with van der Waals surface area (Å²) >= 11 is 0. The molecular formula is C14H24O3Si. The summed E-state index contributed by atoms with van der Waals surface area (Å²) in [6, 6.07) is 1.14. The lowest BCUT2D eigenvalue weighted by atomic mass is 10.3. The molecule has 0 aliphatic rings. The summed E-state index contributed by atoms with van der Waals surface area (Å²) < 4.78 is 0. The quantitative estimate of drug-likeness (QED) is 0.572. The van der Waals surface area contributed by atoms with E-state index in [1.54, 1.807) is 5.70 Å². The van der Waals surface area contributed by atoms with E-state index in [2.05, 4.69) is 6.58 Å². The number of Topliss-reactive ketones (excluding diaryl/α,β-unsaturated/α-hetero) is 3. The molecule has 0 heterocycles. The molecule has 0 unspecified atom stereocenters. The highest BCUT2D eigenvalue weighted by Crippen LogP contribution is 2.25. The first-order valence-electron chi connectivity index (χ1n) is 6.61. The van der Waals surface area contributed by atoms with Crippen LogP contribution in [0.15, 0.2) is 12.3 Å². The normalized spacial score (nSPS) is 11.1. The Hall–Kier alpha value is -1.03. The fourth-order valence-electron chi connectivity index (χ4n) is 1.96. The van der Waals surface area contributed by atoms with Crippen molar-refractivity contribution in [2.45, 2.75) is 58.2 Å². The van der Waals surface area contributed by atoms with Crippen molar-refractivity contribution < 1.29 is 14.4 Å². The maximum Gasteiger partial charge on any atom is 0.130 e. The minimum atomic E-state index is -2.31. The van der Waals surface area contributed by atoms with E-state index in [1.165, 1.54) is 0 Å². The Balaban J connectivity index is 5.04. The van der Waals surface area contributed by atoms with Gasteiger partial charge in [-0.05, 0) is 0 Å². The van der Waals surface area contributed by atoms with Gasteiger partial charge < -0.3 is 14.4 Å². The first-order chi connectivity index (χ1) is 8.42. The van der Waals surface area contributed by atoms with Crippen LogP contribution in [0, 0.1) is 0 Å². The average Bonchev–Trinajstić information content (AvgIpc) is 2.37. The van der Waals surface area contributed by atoms with Crippen molar-refractivity contribution in [2.75, 3.05) is 0 Å². The third-order valence-electron chi connectivity index (χ3n) is 3.26. The molecule has 0 N–H and O–H groups in total. The maximum atomic E-state index is 11.7. The van der Waals surface area contributed by atoms with Gasteiger partial charge >= 0.3 is 0 Å². The molecule has 0 atom stereocenters.